The quantitative estimate of drug-likeness (QED) is 0.710. The lowest BCUT2D eigenvalue weighted by molar-refractivity contribution is -0.166. The van der Waals surface area contributed by atoms with E-state index < -0.39 is 6.29 Å². The molecule has 1 aliphatic rings. The van der Waals surface area contributed by atoms with E-state index in [0.29, 0.717) is 13.0 Å². The van der Waals surface area contributed by atoms with Gasteiger partial charge in [-0.25, -0.2) is 0 Å². The molecule has 2 N–H and O–H groups in total. The van der Waals surface area contributed by atoms with Gasteiger partial charge in [-0.2, -0.15) is 0 Å². The minimum atomic E-state index is -0.543. The molecule has 0 aromatic heterocycles. The molecule has 1 aliphatic heterocycles. The number of amides is 1. The third kappa shape index (κ3) is 5.09. The van der Waals surface area contributed by atoms with E-state index in [2.05, 4.69) is 11.2 Å². The topological polar surface area (TPSA) is 67.8 Å². The van der Waals surface area contributed by atoms with Crippen molar-refractivity contribution in [1.82, 2.24) is 5.32 Å². The maximum absolute atomic E-state index is 12.3. The van der Waals surface area contributed by atoms with Crippen LogP contribution in [0.3, 0.4) is 0 Å². The second-order valence-corrected chi connectivity index (χ2v) is 5.83. The summed E-state index contributed by atoms with van der Waals surface area (Å²) in [5.41, 5.74) is 1.08. The van der Waals surface area contributed by atoms with Crippen molar-refractivity contribution in [2.24, 2.45) is 5.92 Å². The lowest BCUT2D eigenvalue weighted by Crippen LogP contribution is -2.39. The number of aliphatic hydroxyl groups excluding tert-OH is 1. The van der Waals surface area contributed by atoms with Gasteiger partial charge >= 0.3 is 0 Å². The first-order valence-corrected chi connectivity index (χ1v) is 8.58. The molecule has 25 heavy (non-hydrogen) atoms. The third-order valence-corrected chi connectivity index (χ3v) is 4.17. The molecule has 0 spiro atoms. The van der Waals surface area contributed by atoms with Crippen molar-refractivity contribution in [3.8, 4) is 12.3 Å². The van der Waals surface area contributed by atoms with Gasteiger partial charge in [0.05, 0.1) is 6.54 Å². The number of hydrogen-bond donors (Lipinski definition) is 2. The maximum atomic E-state index is 12.3. The summed E-state index contributed by atoms with van der Waals surface area (Å²) >= 11 is 0. The highest BCUT2D eigenvalue weighted by atomic mass is 16.7. The van der Waals surface area contributed by atoms with Crippen LogP contribution in [-0.4, -0.2) is 37.1 Å². The van der Waals surface area contributed by atoms with Crippen LogP contribution in [0.1, 0.15) is 31.2 Å². The van der Waals surface area contributed by atoms with Gasteiger partial charge in [0.1, 0.15) is 0 Å². The average molecular weight is 343 g/mol. The van der Waals surface area contributed by atoms with Crippen molar-refractivity contribution in [3.05, 3.63) is 47.7 Å². The van der Waals surface area contributed by atoms with Crippen LogP contribution in [0.15, 0.2) is 42.2 Å². The molecule has 1 aromatic carbocycles. The first-order chi connectivity index (χ1) is 12.2. The predicted molar refractivity (Wildman–Crippen MR) is 95.4 cm³/mol. The standard InChI is InChI=1S/C20H25NO4/c1-3-12-21-19(23)18-14-17(15-9-6-5-7-10-15)16(11-8-13-22)20(25-18)24-4-2/h1,5-7,9-10,14,16-17,20,22H,4,8,11-13H2,2H3,(H,21,23)/t16-,17+,20+/m1/s1. The van der Waals surface area contributed by atoms with E-state index in [0.717, 1.165) is 12.0 Å². The number of rotatable bonds is 8. The average Bonchev–Trinajstić information content (AvgIpc) is 2.65. The fourth-order valence-electron chi connectivity index (χ4n) is 3.04. The van der Waals surface area contributed by atoms with Crippen molar-refractivity contribution in [2.45, 2.75) is 32.0 Å². The number of carbonyl (C=O) groups is 1. The Balaban J connectivity index is 2.34. The second-order valence-electron chi connectivity index (χ2n) is 5.83. The fraction of sp³-hybridized carbons (Fsp3) is 0.450. The number of nitrogens with one attached hydrogen (secondary N) is 1. The summed E-state index contributed by atoms with van der Waals surface area (Å²) in [6.07, 6.45) is 7.87. The summed E-state index contributed by atoms with van der Waals surface area (Å²) in [7, 11) is 0. The van der Waals surface area contributed by atoms with Crippen molar-refractivity contribution in [1.29, 1.82) is 0 Å². The molecule has 0 aliphatic carbocycles. The third-order valence-electron chi connectivity index (χ3n) is 4.17. The largest absolute Gasteiger partial charge is 0.459 e. The number of allylic oxidation sites excluding steroid dienone is 1. The molecule has 1 heterocycles. The molecule has 0 fully saturated rings. The van der Waals surface area contributed by atoms with Crippen molar-refractivity contribution < 1.29 is 19.4 Å². The van der Waals surface area contributed by atoms with Crippen LogP contribution >= 0.6 is 0 Å². The SMILES string of the molecule is C#CCNC(=O)C1=C[C@@H](c2ccccc2)[C@@H](CCCO)[C@@H](OCC)O1. The molecule has 1 amide bonds. The molecule has 1 aromatic rings. The zero-order chi connectivity index (χ0) is 18.1. The van der Waals surface area contributed by atoms with Gasteiger partial charge < -0.3 is 19.9 Å². The Hall–Kier alpha value is -2.29. The minimum absolute atomic E-state index is 0.0127. The van der Waals surface area contributed by atoms with Crippen LogP contribution in [0, 0.1) is 18.3 Å². The van der Waals surface area contributed by atoms with Gasteiger partial charge in [0.2, 0.25) is 6.29 Å². The molecule has 2 rings (SSSR count). The fourth-order valence-corrected chi connectivity index (χ4v) is 3.04. The number of hydrogen-bond acceptors (Lipinski definition) is 4. The van der Waals surface area contributed by atoms with Gasteiger partial charge in [-0.15, -0.1) is 6.42 Å². The highest BCUT2D eigenvalue weighted by Gasteiger charge is 2.37. The number of benzene rings is 1. The summed E-state index contributed by atoms with van der Waals surface area (Å²) in [5.74, 6) is 2.24. The predicted octanol–water partition coefficient (Wildman–Crippen LogP) is 2.18. The van der Waals surface area contributed by atoms with E-state index in [1.807, 2.05) is 43.3 Å². The van der Waals surface area contributed by atoms with Gasteiger partial charge in [-0.3, -0.25) is 4.79 Å². The minimum Gasteiger partial charge on any atom is -0.459 e. The normalized spacial score (nSPS) is 22.4. The van der Waals surface area contributed by atoms with E-state index in [9.17, 15) is 9.90 Å². The van der Waals surface area contributed by atoms with E-state index in [1.54, 1.807) is 0 Å². The Labute approximate surface area is 149 Å². The zero-order valence-electron chi connectivity index (χ0n) is 14.5. The van der Waals surface area contributed by atoms with Crippen LogP contribution in [0.5, 0.6) is 0 Å². The molecule has 0 saturated carbocycles. The maximum Gasteiger partial charge on any atom is 0.286 e. The van der Waals surface area contributed by atoms with Crippen LogP contribution in [-0.2, 0) is 14.3 Å². The van der Waals surface area contributed by atoms with Gasteiger partial charge in [0.25, 0.3) is 5.91 Å². The van der Waals surface area contributed by atoms with E-state index in [1.165, 1.54) is 0 Å². The van der Waals surface area contributed by atoms with Crippen LogP contribution in [0.25, 0.3) is 0 Å². The lowest BCUT2D eigenvalue weighted by Gasteiger charge is -2.37. The second kappa shape index (κ2) is 9.87. The Bertz CT molecular complexity index is 620. The number of terminal acetylenes is 1. The summed E-state index contributed by atoms with van der Waals surface area (Å²) < 4.78 is 11.6. The summed E-state index contributed by atoms with van der Waals surface area (Å²) in [6.45, 7) is 2.61. The number of carbonyl (C=O) groups excluding carboxylic acids is 1. The molecular weight excluding hydrogens is 318 g/mol. The summed E-state index contributed by atoms with van der Waals surface area (Å²) in [5, 5.41) is 11.9. The molecule has 0 radical (unpaired) electrons. The Morgan fingerprint density at radius 2 is 2.16 bits per heavy atom. The van der Waals surface area contributed by atoms with E-state index in [-0.39, 0.29) is 36.7 Å². The molecule has 0 unspecified atom stereocenters. The van der Waals surface area contributed by atoms with Crippen molar-refractivity contribution in [2.75, 3.05) is 19.8 Å². The first kappa shape index (κ1) is 19.0. The Morgan fingerprint density at radius 1 is 1.40 bits per heavy atom. The number of ether oxygens (including phenoxy) is 2. The van der Waals surface area contributed by atoms with Gasteiger partial charge in [-0.1, -0.05) is 36.3 Å². The van der Waals surface area contributed by atoms with Crippen LogP contribution < -0.4 is 5.32 Å². The first-order valence-electron chi connectivity index (χ1n) is 8.58. The summed E-state index contributed by atoms with van der Waals surface area (Å²) in [6, 6.07) is 9.94. The monoisotopic (exact) mass is 343 g/mol. The smallest absolute Gasteiger partial charge is 0.286 e. The van der Waals surface area contributed by atoms with E-state index in [4.69, 9.17) is 15.9 Å². The Kier molecular flexibility index (Phi) is 7.52. The molecule has 0 bridgehead atoms. The molecule has 0 saturated heterocycles. The summed E-state index contributed by atoms with van der Waals surface area (Å²) in [4.78, 5) is 12.3. The van der Waals surface area contributed by atoms with Gasteiger partial charge in [0.15, 0.2) is 5.76 Å². The van der Waals surface area contributed by atoms with Crippen molar-refractivity contribution >= 4 is 5.91 Å². The van der Waals surface area contributed by atoms with E-state index >= 15 is 0 Å². The molecule has 5 heteroatoms. The van der Waals surface area contributed by atoms with Crippen LogP contribution in [0.4, 0.5) is 0 Å². The van der Waals surface area contributed by atoms with Crippen molar-refractivity contribution in [3.63, 3.8) is 0 Å². The highest BCUT2D eigenvalue weighted by Crippen LogP contribution is 2.39. The molecular formula is C20H25NO4. The highest BCUT2D eigenvalue weighted by molar-refractivity contribution is 5.91. The Morgan fingerprint density at radius 3 is 2.80 bits per heavy atom. The lowest BCUT2D eigenvalue weighted by atomic mass is 9.80. The molecule has 3 atom stereocenters. The zero-order valence-corrected chi connectivity index (χ0v) is 14.5. The van der Waals surface area contributed by atoms with Gasteiger partial charge in [0, 0.05) is 25.0 Å². The van der Waals surface area contributed by atoms with Crippen LogP contribution in [0.2, 0.25) is 0 Å². The van der Waals surface area contributed by atoms with Gasteiger partial charge in [-0.05, 0) is 31.4 Å². The molecule has 5 nitrogen and oxygen atoms in total. The molecule has 134 valence electrons. The number of aliphatic hydroxyl groups is 1.